The minimum Gasteiger partial charge on any atom is -0.399 e. The summed E-state index contributed by atoms with van der Waals surface area (Å²) < 4.78 is 25.0. The predicted molar refractivity (Wildman–Crippen MR) is 65.3 cm³/mol. The maximum atomic E-state index is 13.5. The standard InChI is InChI=1S/C12H15BFNO3/c1-11(2)12(3,4)18-13(17-11)8-5-9(14)10(7-16)15-6-8/h5-7H,1-4H3. The molecule has 2 rings (SSSR count). The molecule has 1 saturated heterocycles. The largest absolute Gasteiger partial charge is 0.496 e. The minimum absolute atomic E-state index is 0.213. The number of aldehydes is 1. The van der Waals surface area contributed by atoms with Gasteiger partial charge in [0, 0.05) is 11.7 Å². The zero-order chi connectivity index (χ0) is 13.6. The Hall–Kier alpha value is -1.27. The van der Waals surface area contributed by atoms with Crippen LogP contribution in [0.15, 0.2) is 12.3 Å². The summed E-state index contributed by atoms with van der Waals surface area (Å²) in [6, 6.07) is 1.22. The van der Waals surface area contributed by atoms with Crippen molar-refractivity contribution in [3.05, 3.63) is 23.8 Å². The first-order chi connectivity index (χ1) is 8.27. The van der Waals surface area contributed by atoms with Gasteiger partial charge in [0.15, 0.2) is 12.1 Å². The highest BCUT2D eigenvalue weighted by Gasteiger charge is 2.51. The molecule has 96 valence electrons. The number of hydrogen-bond donors (Lipinski definition) is 0. The fourth-order valence-corrected chi connectivity index (χ4v) is 1.66. The average molecular weight is 251 g/mol. The Bertz CT molecular complexity index is 474. The quantitative estimate of drug-likeness (QED) is 0.587. The molecule has 1 aromatic heterocycles. The summed E-state index contributed by atoms with van der Waals surface area (Å²) in [4.78, 5) is 14.2. The second-order valence-corrected chi connectivity index (χ2v) is 5.34. The molecule has 1 aliphatic rings. The molecule has 6 heteroatoms. The van der Waals surface area contributed by atoms with Crippen molar-refractivity contribution < 1.29 is 18.5 Å². The first-order valence-corrected chi connectivity index (χ1v) is 5.73. The van der Waals surface area contributed by atoms with Crippen molar-refractivity contribution in [3.8, 4) is 0 Å². The van der Waals surface area contributed by atoms with E-state index in [-0.39, 0.29) is 5.69 Å². The molecule has 1 aliphatic heterocycles. The molecule has 0 radical (unpaired) electrons. The Morgan fingerprint density at radius 2 is 1.83 bits per heavy atom. The molecular formula is C12H15BFNO3. The summed E-state index contributed by atoms with van der Waals surface area (Å²) >= 11 is 0. The zero-order valence-corrected chi connectivity index (χ0v) is 10.9. The van der Waals surface area contributed by atoms with Gasteiger partial charge in [-0.1, -0.05) is 0 Å². The smallest absolute Gasteiger partial charge is 0.399 e. The number of nitrogens with zero attached hydrogens (tertiary/aromatic N) is 1. The molecule has 18 heavy (non-hydrogen) atoms. The third-order valence-electron chi connectivity index (χ3n) is 3.53. The van der Waals surface area contributed by atoms with Crippen LogP contribution in [0.25, 0.3) is 0 Å². The Labute approximate surface area is 106 Å². The summed E-state index contributed by atoms with van der Waals surface area (Å²) in [6.45, 7) is 7.65. The third-order valence-corrected chi connectivity index (χ3v) is 3.53. The molecule has 0 N–H and O–H groups in total. The lowest BCUT2D eigenvalue weighted by molar-refractivity contribution is 0.00578. The van der Waals surface area contributed by atoms with Crippen LogP contribution in [0, 0.1) is 5.82 Å². The molecule has 1 fully saturated rings. The second-order valence-electron chi connectivity index (χ2n) is 5.34. The van der Waals surface area contributed by atoms with Gasteiger partial charge in [0.2, 0.25) is 0 Å². The molecule has 0 bridgehead atoms. The van der Waals surface area contributed by atoms with Crippen LogP contribution in [0.1, 0.15) is 38.2 Å². The maximum Gasteiger partial charge on any atom is 0.496 e. The fourth-order valence-electron chi connectivity index (χ4n) is 1.66. The number of aromatic nitrogens is 1. The number of carbonyl (C=O) groups is 1. The van der Waals surface area contributed by atoms with Crippen LogP contribution in [0.3, 0.4) is 0 Å². The van der Waals surface area contributed by atoms with Gasteiger partial charge in [-0.3, -0.25) is 9.78 Å². The summed E-state index contributed by atoms with van der Waals surface area (Å²) in [5.41, 5.74) is -0.721. The van der Waals surface area contributed by atoms with Gasteiger partial charge < -0.3 is 9.31 Å². The first-order valence-electron chi connectivity index (χ1n) is 5.73. The van der Waals surface area contributed by atoms with E-state index in [4.69, 9.17) is 9.31 Å². The number of pyridine rings is 1. The third kappa shape index (κ3) is 2.06. The van der Waals surface area contributed by atoms with Gasteiger partial charge in [-0.25, -0.2) is 4.39 Å². The molecule has 0 spiro atoms. The van der Waals surface area contributed by atoms with Crippen LogP contribution in [0.4, 0.5) is 4.39 Å². The summed E-state index contributed by atoms with van der Waals surface area (Å²) in [6.07, 6.45) is 1.78. The summed E-state index contributed by atoms with van der Waals surface area (Å²) in [5, 5.41) is 0. The van der Waals surface area contributed by atoms with Crippen molar-refractivity contribution in [1.82, 2.24) is 4.98 Å². The van der Waals surface area contributed by atoms with E-state index < -0.39 is 24.1 Å². The van der Waals surface area contributed by atoms with E-state index in [1.54, 1.807) is 0 Å². The predicted octanol–water partition coefficient (Wildman–Crippen LogP) is 1.33. The Morgan fingerprint density at radius 1 is 1.28 bits per heavy atom. The van der Waals surface area contributed by atoms with Gasteiger partial charge >= 0.3 is 7.12 Å². The molecule has 0 saturated carbocycles. The van der Waals surface area contributed by atoms with Gasteiger partial charge in [-0.2, -0.15) is 0 Å². The Balaban J connectivity index is 2.30. The monoisotopic (exact) mass is 251 g/mol. The first kappa shape index (κ1) is 13.2. The number of carbonyl (C=O) groups excluding carboxylic acids is 1. The summed E-state index contributed by atoms with van der Waals surface area (Å²) in [7, 11) is -0.669. The van der Waals surface area contributed by atoms with Crippen LogP contribution in [0.2, 0.25) is 0 Å². The highest BCUT2D eigenvalue weighted by molar-refractivity contribution is 6.62. The van der Waals surface area contributed by atoms with Crippen molar-refractivity contribution in [2.45, 2.75) is 38.9 Å². The maximum absolute atomic E-state index is 13.5. The van der Waals surface area contributed by atoms with Crippen molar-refractivity contribution in [2.75, 3.05) is 0 Å². The van der Waals surface area contributed by atoms with Gasteiger partial charge in [0.05, 0.1) is 11.2 Å². The van der Waals surface area contributed by atoms with Gasteiger partial charge in [-0.15, -0.1) is 0 Å². The summed E-state index contributed by atoms with van der Waals surface area (Å²) in [5.74, 6) is -0.669. The van der Waals surface area contributed by atoms with Crippen LogP contribution in [-0.2, 0) is 9.31 Å². The van der Waals surface area contributed by atoms with Gasteiger partial charge in [0.1, 0.15) is 5.69 Å². The highest BCUT2D eigenvalue weighted by Crippen LogP contribution is 2.36. The van der Waals surface area contributed by atoms with Crippen LogP contribution in [0.5, 0.6) is 0 Å². The zero-order valence-electron chi connectivity index (χ0n) is 10.9. The van der Waals surface area contributed by atoms with E-state index in [1.165, 1.54) is 12.3 Å². The van der Waals surface area contributed by atoms with Crippen molar-refractivity contribution >= 4 is 18.9 Å². The van der Waals surface area contributed by atoms with Crippen LogP contribution >= 0.6 is 0 Å². The van der Waals surface area contributed by atoms with Crippen molar-refractivity contribution in [2.24, 2.45) is 0 Å². The molecule has 4 nitrogen and oxygen atoms in total. The molecule has 0 aromatic carbocycles. The van der Waals surface area contributed by atoms with Crippen molar-refractivity contribution in [1.29, 1.82) is 0 Å². The lowest BCUT2D eigenvalue weighted by atomic mass is 9.80. The van der Waals surface area contributed by atoms with E-state index in [0.29, 0.717) is 11.7 Å². The van der Waals surface area contributed by atoms with Gasteiger partial charge in [0.25, 0.3) is 0 Å². The highest BCUT2D eigenvalue weighted by atomic mass is 19.1. The molecule has 0 unspecified atom stereocenters. The lowest BCUT2D eigenvalue weighted by Gasteiger charge is -2.32. The van der Waals surface area contributed by atoms with E-state index in [2.05, 4.69) is 4.98 Å². The average Bonchev–Trinajstić information content (AvgIpc) is 2.48. The molecule has 2 heterocycles. The minimum atomic E-state index is -0.669. The van der Waals surface area contributed by atoms with Crippen LogP contribution < -0.4 is 5.46 Å². The number of rotatable bonds is 2. The topological polar surface area (TPSA) is 48.4 Å². The van der Waals surface area contributed by atoms with E-state index >= 15 is 0 Å². The normalized spacial score (nSPS) is 21.1. The molecule has 0 aliphatic carbocycles. The fraction of sp³-hybridized carbons (Fsp3) is 0.500. The van der Waals surface area contributed by atoms with Crippen molar-refractivity contribution in [3.63, 3.8) is 0 Å². The molecular weight excluding hydrogens is 236 g/mol. The lowest BCUT2D eigenvalue weighted by Crippen LogP contribution is -2.41. The molecule has 0 amide bonds. The Kier molecular flexibility index (Phi) is 3.03. The van der Waals surface area contributed by atoms with E-state index in [0.717, 1.165) is 0 Å². The second kappa shape index (κ2) is 4.14. The van der Waals surface area contributed by atoms with E-state index in [1.807, 2.05) is 27.7 Å². The Morgan fingerprint density at radius 3 is 2.28 bits per heavy atom. The van der Waals surface area contributed by atoms with E-state index in [9.17, 15) is 9.18 Å². The molecule has 0 atom stereocenters. The molecule has 1 aromatic rings. The SMILES string of the molecule is CC1(C)OB(c2cnc(C=O)c(F)c2)OC1(C)C. The number of hydrogen-bond acceptors (Lipinski definition) is 4. The van der Waals surface area contributed by atoms with Crippen LogP contribution in [-0.4, -0.2) is 29.6 Å². The van der Waals surface area contributed by atoms with Gasteiger partial charge in [-0.05, 0) is 33.8 Å². The number of halogens is 1.